The zero-order valence-corrected chi connectivity index (χ0v) is 18.4. The van der Waals surface area contributed by atoms with Crippen LogP contribution in [0.4, 0.5) is 0 Å². The molecule has 2 N–H and O–H groups in total. The van der Waals surface area contributed by atoms with E-state index in [1.165, 1.54) is 5.56 Å². The summed E-state index contributed by atoms with van der Waals surface area (Å²) in [7, 11) is 1.67. The monoisotopic (exact) mass is 423 g/mol. The van der Waals surface area contributed by atoms with Crippen LogP contribution in [0.15, 0.2) is 65.7 Å². The van der Waals surface area contributed by atoms with Crippen molar-refractivity contribution in [3.63, 3.8) is 0 Å². The molecule has 2 aromatic heterocycles. The molecule has 0 spiro atoms. The molecule has 0 aliphatic carbocycles. The summed E-state index contributed by atoms with van der Waals surface area (Å²) >= 11 is 0. The maximum Gasteiger partial charge on any atom is 0.145 e. The first kappa shape index (κ1) is 19.9. The SMILES string of the molecule is COc1cccc(COc2c/c(=C3\C=c4ccccc4=N3)[nH]c2=Cc2[nH]c(C)cc2C)c1. The maximum absolute atomic E-state index is 6.26. The normalized spacial score (nSPS) is 14.7. The number of methoxy groups -OCH3 is 1. The summed E-state index contributed by atoms with van der Waals surface area (Å²) in [6.45, 7) is 4.60. The number of rotatable bonds is 5. The van der Waals surface area contributed by atoms with Crippen LogP contribution in [0.1, 0.15) is 22.5 Å². The highest BCUT2D eigenvalue weighted by atomic mass is 16.5. The quantitative estimate of drug-likeness (QED) is 0.518. The number of aryl methyl sites for hydroxylation is 2. The Morgan fingerprint density at radius 2 is 1.84 bits per heavy atom. The van der Waals surface area contributed by atoms with E-state index in [4.69, 9.17) is 14.5 Å². The van der Waals surface area contributed by atoms with Crippen LogP contribution in [0.5, 0.6) is 11.5 Å². The molecule has 0 bridgehead atoms. The van der Waals surface area contributed by atoms with Crippen molar-refractivity contribution < 1.29 is 9.47 Å². The fourth-order valence-corrected chi connectivity index (χ4v) is 3.94. The molecule has 0 amide bonds. The topological polar surface area (TPSA) is 62.4 Å². The molecule has 4 aromatic rings. The van der Waals surface area contributed by atoms with Gasteiger partial charge in [0.2, 0.25) is 0 Å². The van der Waals surface area contributed by atoms with Crippen molar-refractivity contribution in [2.24, 2.45) is 4.99 Å². The van der Waals surface area contributed by atoms with Gasteiger partial charge in [-0.25, -0.2) is 4.99 Å². The lowest BCUT2D eigenvalue weighted by atomic mass is 10.2. The average molecular weight is 424 g/mol. The number of nitrogens with one attached hydrogen (secondary N) is 2. The zero-order chi connectivity index (χ0) is 22.1. The van der Waals surface area contributed by atoms with Gasteiger partial charge in [0, 0.05) is 22.7 Å². The van der Waals surface area contributed by atoms with Crippen molar-refractivity contribution in [2.45, 2.75) is 20.5 Å². The van der Waals surface area contributed by atoms with Crippen molar-refractivity contribution in [1.29, 1.82) is 0 Å². The Kier molecular flexibility index (Phi) is 5.15. The van der Waals surface area contributed by atoms with Crippen LogP contribution in [0.3, 0.4) is 0 Å². The molecule has 3 heterocycles. The number of hydrogen-bond acceptors (Lipinski definition) is 3. The van der Waals surface area contributed by atoms with Gasteiger partial charge in [-0.1, -0.05) is 30.3 Å². The van der Waals surface area contributed by atoms with Gasteiger partial charge in [-0.2, -0.15) is 0 Å². The lowest BCUT2D eigenvalue weighted by molar-refractivity contribution is 0.303. The molecule has 5 heteroatoms. The number of nitrogens with zero attached hydrogens (tertiary/aromatic N) is 1. The molecule has 5 nitrogen and oxygen atoms in total. The van der Waals surface area contributed by atoms with E-state index in [9.17, 15) is 0 Å². The van der Waals surface area contributed by atoms with Crippen LogP contribution in [-0.2, 0) is 6.61 Å². The van der Waals surface area contributed by atoms with Crippen molar-refractivity contribution >= 4 is 17.8 Å². The molecule has 32 heavy (non-hydrogen) atoms. The second kappa shape index (κ2) is 8.27. The minimum absolute atomic E-state index is 0.439. The average Bonchev–Trinajstić information content (AvgIpc) is 3.49. The van der Waals surface area contributed by atoms with Crippen LogP contribution in [0.25, 0.3) is 17.8 Å². The van der Waals surface area contributed by atoms with Crippen LogP contribution in [-0.4, -0.2) is 17.1 Å². The minimum Gasteiger partial charge on any atom is -0.497 e. The molecule has 0 saturated carbocycles. The number of aromatic amines is 2. The maximum atomic E-state index is 6.26. The van der Waals surface area contributed by atoms with Crippen molar-refractivity contribution in [3.8, 4) is 11.5 Å². The fourth-order valence-electron chi connectivity index (χ4n) is 3.94. The van der Waals surface area contributed by atoms with Gasteiger partial charge in [-0.15, -0.1) is 0 Å². The van der Waals surface area contributed by atoms with Gasteiger partial charge in [0.15, 0.2) is 0 Å². The van der Waals surface area contributed by atoms with Gasteiger partial charge in [0.25, 0.3) is 0 Å². The summed E-state index contributed by atoms with van der Waals surface area (Å²) in [5.74, 6) is 1.60. The van der Waals surface area contributed by atoms with Crippen LogP contribution >= 0.6 is 0 Å². The summed E-state index contributed by atoms with van der Waals surface area (Å²) < 4.78 is 11.6. The Hall–Kier alpha value is -3.99. The van der Waals surface area contributed by atoms with E-state index >= 15 is 0 Å². The van der Waals surface area contributed by atoms with Gasteiger partial charge in [0.1, 0.15) is 18.1 Å². The van der Waals surface area contributed by atoms with E-state index in [-0.39, 0.29) is 0 Å². The predicted octanol–water partition coefficient (Wildman–Crippen LogP) is 2.60. The summed E-state index contributed by atoms with van der Waals surface area (Å²) in [6.07, 6.45) is 4.19. The van der Waals surface area contributed by atoms with Crippen LogP contribution in [0, 0.1) is 13.8 Å². The van der Waals surface area contributed by atoms with Crippen molar-refractivity contribution in [3.05, 3.63) is 104 Å². The first-order valence-electron chi connectivity index (χ1n) is 10.6. The third-order valence-electron chi connectivity index (χ3n) is 5.56. The molecule has 0 radical (unpaired) electrons. The Labute approximate surface area is 186 Å². The first-order valence-corrected chi connectivity index (χ1v) is 10.6. The lowest BCUT2D eigenvalue weighted by Gasteiger charge is -2.06. The number of para-hydroxylation sites is 1. The number of hydrogen-bond donors (Lipinski definition) is 2. The molecule has 1 aliphatic heterocycles. The predicted molar refractivity (Wildman–Crippen MR) is 126 cm³/mol. The molecular weight excluding hydrogens is 398 g/mol. The number of H-pyrrole nitrogens is 2. The first-order chi connectivity index (χ1) is 15.6. The Morgan fingerprint density at radius 1 is 0.969 bits per heavy atom. The zero-order valence-electron chi connectivity index (χ0n) is 18.4. The molecule has 0 atom stereocenters. The molecule has 1 aliphatic rings. The van der Waals surface area contributed by atoms with Crippen LogP contribution in [0.2, 0.25) is 0 Å². The van der Waals surface area contributed by atoms with Gasteiger partial charge < -0.3 is 19.4 Å². The van der Waals surface area contributed by atoms with E-state index in [2.05, 4.69) is 48.1 Å². The Balaban J connectivity index is 1.59. The van der Waals surface area contributed by atoms with E-state index in [0.29, 0.717) is 6.61 Å². The van der Waals surface area contributed by atoms with E-state index in [0.717, 1.165) is 55.4 Å². The molecule has 0 saturated heterocycles. The number of benzene rings is 2. The van der Waals surface area contributed by atoms with Crippen LogP contribution < -0.4 is 30.7 Å². The molecule has 2 aromatic carbocycles. The van der Waals surface area contributed by atoms with Gasteiger partial charge in [0.05, 0.1) is 28.9 Å². The lowest BCUT2D eigenvalue weighted by Crippen LogP contribution is -2.19. The second-order valence-corrected chi connectivity index (χ2v) is 7.99. The number of fused-ring (bicyclic) bond motifs is 1. The fraction of sp³-hybridized carbons (Fsp3) is 0.148. The Morgan fingerprint density at radius 3 is 2.62 bits per heavy atom. The molecule has 5 rings (SSSR count). The standard InChI is InChI=1S/C27H25N3O2/c1-17-11-18(2)28-23(17)14-26-27(32-16-19-7-6-9-21(12-19)31-3)15-25(30-26)24-13-20-8-4-5-10-22(20)29-24/h4-15,28,30H,16H2,1-3H3/b25-24-,26-14?. The van der Waals surface area contributed by atoms with Gasteiger partial charge >= 0.3 is 0 Å². The van der Waals surface area contributed by atoms with E-state index in [1.54, 1.807) is 7.11 Å². The van der Waals surface area contributed by atoms with E-state index < -0.39 is 0 Å². The van der Waals surface area contributed by atoms with Gasteiger partial charge in [-0.3, -0.25) is 0 Å². The Bertz CT molecular complexity index is 1500. The summed E-state index contributed by atoms with van der Waals surface area (Å²) in [4.78, 5) is 11.7. The molecule has 160 valence electrons. The highest BCUT2D eigenvalue weighted by Gasteiger charge is 2.08. The van der Waals surface area contributed by atoms with E-state index in [1.807, 2.05) is 48.5 Å². The molecule has 0 unspecified atom stereocenters. The largest absolute Gasteiger partial charge is 0.497 e. The van der Waals surface area contributed by atoms with Gasteiger partial charge in [-0.05, 0) is 61.4 Å². The summed E-state index contributed by atoms with van der Waals surface area (Å²) in [6, 6.07) is 20.2. The summed E-state index contributed by atoms with van der Waals surface area (Å²) in [5.41, 5.74) is 5.32. The minimum atomic E-state index is 0.439. The second-order valence-electron chi connectivity index (χ2n) is 7.99. The third kappa shape index (κ3) is 3.97. The molecule has 0 fully saturated rings. The van der Waals surface area contributed by atoms with Crippen molar-refractivity contribution in [2.75, 3.05) is 7.11 Å². The smallest absolute Gasteiger partial charge is 0.145 e. The molecular formula is C27H25N3O2. The van der Waals surface area contributed by atoms with Crippen molar-refractivity contribution in [1.82, 2.24) is 9.97 Å². The number of ether oxygens (including phenoxy) is 2. The number of aromatic nitrogens is 2. The highest BCUT2D eigenvalue weighted by molar-refractivity contribution is 5.76. The summed E-state index contributed by atoms with van der Waals surface area (Å²) in [5, 5.41) is 3.93. The highest BCUT2D eigenvalue weighted by Crippen LogP contribution is 2.15. The third-order valence-corrected chi connectivity index (χ3v) is 5.56.